The van der Waals surface area contributed by atoms with Crippen LogP contribution in [0, 0.1) is 0 Å². The number of hydrogen-bond donors (Lipinski definition) is 1. The first-order chi connectivity index (χ1) is 15.0. The van der Waals surface area contributed by atoms with E-state index in [1.54, 1.807) is 36.3 Å². The second-order valence-corrected chi connectivity index (χ2v) is 7.60. The summed E-state index contributed by atoms with van der Waals surface area (Å²) in [5.74, 6) is 0.906. The molecule has 0 aliphatic carbocycles. The molecule has 31 heavy (non-hydrogen) atoms. The van der Waals surface area contributed by atoms with Crippen molar-refractivity contribution in [2.75, 3.05) is 26.8 Å². The zero-order valence-corrected chi connectivity index (χ0v) is 17.4. The maximum absolute atomic E-state index is 12.6. The number of aromatic nitrogens is 1. The molecule has 7 nitrogen and oxygen atoms in total. The van der Waals surface area contributed by atoms with Crippen molar-refractivity contribution >= 4 is 22.7 Å². The molecule has 1 fully saturated rings. The molecule has 1 aliphatic rings. The van der Waals surface area contributed by atoms with Gasteiger partial charge >= 0.3 is 0 Å². The quantitative estimate of drug-likeness (QED) is 0.662. The lowest BCUT2D eigenvalue weighted by molar-refractivity contribution is -0.134. The number of nitrogens with zero attached hydrogens (tertiary/aromatic N) is 2. The topological polar surface area (TPSA) is 94.8 Å². The second-order valence-electron chi connectivity index (χ2n) is 7.60. The van der Waals surface area contributed by atoms with E-state index in [1.165, 1.54) is 0 Å². The lowest BCUT2D eigenvalue weighted by atomic mass is 9.89. The zero-order chi connectivity index (χ0) is 21.8. The van der Waals surface area contributed by atoms with Gasteiger partial charge in [-0.3, -0.25) is 14.6 Å². The Morgan fingerprint density at radius 2 is 1.74 bits per heavy atom. The lowest BCUT2D eigenvalue weighted by Gasteiger charge is -2.32. The molecule has 2 amide bonds. The molecule has 0 atom stereocenters. The fourth-order valence-electron chi connectivity index (χ4n) is 3.95. The number of carbonyl (C=O) groups excluding carboxylic acids is 2. The molecule has 0 unspecified atom stereocenters. The predicted molar refractivity (Wildman–Crippen MR) is 117 cm³/mol. The van der Waals surface area contributed by atoms with Crippen LogP contribution in [0.25, 0.3) is 10.9 Å². The molecule has 4 rings (SSSR count). The van der Waals surface area contributed by atoms with Crippen LogP contribution in [-0.2, 0) is 4.79 Å². The van der Waals surface area contributed by atoms with E-state index in [4.69, 9.17) is 20.2 Å². The maximum atomic E-state index is 12.6. The molecule has 0 saturated carbocycles. The maximum Gasteiger partial charge on any atom is 0.260 e. The third-order valence-corrected chi connectivity index (χ3v) is 5.68. The van der Waals surface area contributed by atoms with Gasteiger partial charge in [0.05, 0.1) is 23.9 Å². The predicted octanol–water partition coefficient (Wildman–Crippen LogP) is 3.13. The Hall–Kier alpha value is -3.61. The van der Waals surface area contributed by atoms with E-state index in [0.29, 0.717) is 24.4 Å². The Balaban J connectivity index is 1.39. The summed E-state index contributed by atoms with van der Waals surface area (Å²) in [7, 11) is 1.60. The number of ether oxygens (including phenoxy) is 2. The lowest BCUT2D eigenvalue weighted by Crippen LogP contribution is -2.40. The van der Waals surface area contributed by atoms with Gasteiger partial charge in [0.15, 0.2) is 6.61 Å². The summed E-state index contributed by atoms with van der Waals surface area (Å²) in [5.41, 5.74) is 7.67. The fraction of sp³-hybridized carbons (Fsp3) is 0.292. The number of nitrogens with two attached hydrogens (primary N) is 1. The largest absolute Gasteiger partial charge is 0.497 e. The Morgan fingerprint density at radius 3 is 2.42 bits per heavy atom. The van der Waals surface area contributed by atoms with Crippen molar-refractivity contribution in [3.8, 4) is 11.5 Å². The van der Waals surface area contributed by atoms with Crippen molar-refractivity contribution in [2.24, 2.45) is 5.73 Å². The fourth-order valence-corrected chi connectivity index (χ4v) is 3.95. The molecule has 7 heteroatoms. The van der Waals surface area contributed by atoms with Gasteiger partial charge in [0.1, 0.15) is 11.5 Å². The average molecular weight is 419 g/mol. The number of pyridine rings is 1. The van der Waals surface area contributed by atoms with Crippen molar-refractivity contribution in [1.29, 1.82) is 0 Å². The van der Waals surface area contributed by atoms with E-state index >= 15 is 0 Å². The molecular formula is C24H25N3O4. The van der Waals surface area contributed by atoms with Gasteiger partial charge in [-0.2, -0.15) is 0 Å². The number of amides is 2. The Bertz CT molecular complexity index is 1090. The van der Waals surface area contributed by atoms with Crippen molar-refractivity contribution in [3.63, 3.8) is 0 Å². The third kappa shape index (κ3) is 4.60. The van der Waals surface area contributed by atoms with Crippen molar-refractivity contribution in [2.45, 2.75) is 18.8 Å². The van der Waals surface area contributed by atoms with Gasteiger partial charge in [-0.1, -0.05) is 18.2 Å². The molecular weight excluding hydrogens is 394 g/mol. The normalized spacial score (nSPS) is 14.4. The molecule has 2 heterocycles. The summed E-state index contributed by atoms with van der Waals surface area (Å²) in [6, 6.07) is 16.6. The Kier molecular flexibility index (Phi) is 6.02. The number of likely N-dealkylation sites (tertiary alicyclic amines) is 1. The number of rotatable bonds is 6. The zero-order valence-electron chi connectivity index (χ0n) is 17.4. The third-order valence-electron chi connectivity index (χ3n) is 5.68. The van der Waals surface area contributed by atoms with Gasteiger partial charge in [-0.25, -0.2) is 0 Å². The Labute approximate surface area is 180 Å². The molecule has 0 radical (unpaired) electrons. The molecule has 2 N–H and O–H groups in total. The van der Waals surface area contributed by atoms with Crippen LogP contribution >= 0.6 is 0 Å². The van der Waals surface area contributed by atoms with Crippen LogP contribution in [0.2, 0.25) is 0 Å². The minimum atomic E-state index is -0.473. The highest BCUT2D eigenvalue weighted by Crippen LogP contribution is 2.31. The van der Waals surface area contributed by atoms with Crippen molar-refractivity contribution in [1.82, 2.24) is 9.88 Å². The second kappa shape index (κ2) is 9.04. The monoisotopic (exact) mass is 419 g/mol. The Morgan fingerprint density at radius 1 is 1.06 bits per heavy atom. The molecule has 0 bridgehead atoms. The molecule has 2 aromatic carbocycles. The van der Waals surface area contributed by atoms with Crippen LogP contribution < -0.4 is 15.2 Å². The number of piperidine rings is 1. The minimum Gasteiger partial charge on any atom is -0.497 e. The van der Waals surface area contributed by atoms with Gasteiger partial charge in [0.25, 0.3) is 11.8 Å². The number of carbonyl (C=O) groups is 2. The molecule has 1 aliphatic heterocycles. The molecule has 3 aromatic rings. The van der Waals surface area contributed by atoms with Crippen molar-refractivity contribution in [3.05, 3.63) is 65.9 Å². The molecule has 1 aromatic heterocycles. The van der Waals surface area contributed by atoms with Gasteiger partial charge in [-0.15, -0.1) is 0 Å². The highest BCUT2D eigenvalue weighted by atomic mass is 16.5. The van der Waals surface area contributed by atoms with Crippen LogP contribution in [-0.4, -0.2) is 48.5 Å². The highest BCUT2D eigenvalue weighted by Gasteiger charge is 2.28. The number of fused-ring (bicyclic) bond motifs is 1. The van der Waals surface area contributed by atoms with Gasteiger partial charge in [0, 0.05) is 24.4 Å². The van der Waals surface area contributed by atoms with E-state index < -0.39 is 5.91 Å². The van der Waals surface area contributed by atoms with Crippen LogP contribution in [0.15, 0.2) is 54.6 Å². The van der Waals surface area contributed by atoms with Crippen molar-refractivity contribution < 1.29 is 19.1 Å². The first kappa shape index (κ1) is 20.7. The first-order valence-electron chi connectivity index (χ1n) is 10.3. The van der Waals surface area contributed by atoms with Crippen LogP contribution in [0.4, 0.5) is 0 Å². The van der Waals surface area contributed by atoms with E-state index in [2.05, 4.69) is 0 Å². The van der Waals surface area contributed by atoms with E-state index in [-0.39, 0.29) is 18.4 Å². The smallest absolute Gasteiger partial charge is 0.260 e. The number of hydrogen-bond acceptors (Lipinski definition) is 5. The number of benzene rings is 2. The number of methoxy groups -OCH3 is 1. The average Bonchev–Trinajstić information content (AvgIpc) is 2.82. The molecule has 1 saturated heterocycles. The SMILES string of the molecule is COc1ccc(OCC(=O)N2CCC(c3nc4ccccc4cc3C(N)=O)CC2)cc1. The van der Waals surface area contributed by atoms with Gasteiger partial charge < -0.3 is 20.1 Å². The summed E-state index contributed by atoms with van der Waals surface area (Å²) < 4.78 is 10.7. The van der Waals surface area contributed by atoms with Crippen LogP contribution in [0.1, 0.15) is 34.8 Å². The number of para-hydroxylation sites is 1. The van der Waals surface area contributed by atoms with E-state index in [9.17, 15) is 9.59 Å². The van der Waals surface area contributed by atoms with Crippen LogP contribution in [0.5, 0.6) is 11.5 Å². The minimum absolute atomic E-state index is 0.0161. The molecule has 160 valence electrons. The summed E-state index contributed by atoms with van der Waals surface area (Å²) >= 11 is 0. The highest BCUT2D eigenvalue weighted by molar-refractivity contribution is 5.97. The van der Waals surface area contributed by atoms with Gasteiger partial charge in [-0.05, 0) is 49.2 Å². The van der Waals surface area contributed by atoms with Gasteiger partial charge in [0.2, 0.25) is 0 Å². The summed E-state index contributed by atoms with van der Waals surface area (Å²) in [5, 5.41) is 0.892. The van der Waals surface area contributed by atoms with E-state index in [0.717, 1.165) is 35.2 Å². The summed E-state index contributed by atoms with van der Waals surface area (Å²) in [6.45, 7) is 1.15. The van der Waals surface area contributed by atoms with Crippen LogP contribution in [0.3, 0.4) is 0 Å². The first-order valence-corrected chi connectivity index (χ1v) is 10.3. The molecule has 0 spiro atoms. The summed E-state index contributed by atoms with van der Waals surface area (Å²) in [4.78, 5) is 31.1. The number of primary amides is 1. The van der Waals surface area contributed by atoms with E-state index in [1.807, 2.05) is 30.3 Å². The summed E-state index contributed by atoms with van der Waals surface area (Å²) in [6.07, 6.45) is 1.44. The standard InChI is InChI=1S/C24H25N3O4/c1-30-18-6-8-19(9-7-18)31-15-22(28)27-12-10-16(11-13-27)23-20(24(25)29)14-17-4-2-3-5-21(17)26-23/h2-9,14,16H,10-13,15H2,1H3,(H2,25,29).